The summed E-state index contributed by atoms with van der Waals surface area (Å²) in [4.78, 5) is 0. The van der Waals surface area contributed by atoms with Crippen molar-refractivity contribution in [1.82, 2.24) is 0 Å². The second kappa shape index (κ2) is 4.25. The van der Waals surface area contributed by atoms with E-state index < -0.39 is 0 Å². The highest BCUT2D eigenvalue weighted by Gasteiger charge is 2.18. The first-order valence-corrected chi connectivity index (χ1v) is 5.79. The molecule has 1 unspecified atom stereocenters. The standard InChI is InChI=1S/C11H13BrO/c12-7-5-11-10-4-2-1-3-9(10)6-8-13-11/h1-4,11H,5-8H2. The maximum absolute atomic E-state index is 5.71. The van der Waals surface area contributed by atoms with Gasteiger partial charge in [-0.3, -0.25) is 0 Å². The molecule has 0 N–H and O–H groups in total. The fourth-order valence-electron chi connectivity index (χ4n) is 1.81. The minimum absolute atomic E-state index is 0.310. The third-order valence-corrected chi connectivity index (χ3v) is 2.92. The lowest BCUT2D eigenvalue weighted by Crippen LogP contribution is -2.16. The van der Waals surface area contributed by atoms with Gasteiger partial charge in [0.05, 0.1) is 12.7 Å². The van der Waals surface area contributed by atoms with Crippen molar-refractivity contribution in [2.75, 3.05) is 11.9 Å². The van der Waals surface area contributed by atoms with Crippen molar-refractivity contribution >= 4 is 15.9 Å². The molecule has 70 valence electrons. The van der Waals surface area contributed by atoms with E-state index >= 15 is 0 Å². The fraction of sp³-hybridized carbons (Fsp3) is 0.455. The summed E-state index contributed by atoms with van der Waals surface area (Å²) in [5.41, 5.74) is 2.84. The molecule has 0 radical (unpaired) electrons. The number of hydrogen-bond donors (Lipinski definition) is 0. The molecule has 13 heavy (non-hydrogen) atoms. The molecule has 2 heteroatoms. The Balaban J connectivity index is 2.26. The minimum atomic E-state index is 0.310. The predicted octanol–water partition coefficient (Wildman–Crippen LogP) is 3.09. The van der Waals surface area contributed by atoms with Crippen LogP contribution in [0.1, 0.15) is 23.7 Å². The average molecular weight is 241 g/mol. The Morgan fingerprint density at radius 1 is 1.38 bits per heavy atom. The van der Waals surface area contributed by atoms with Gasteiger partial charge in [0.15, 0.2) is 0 Å². The molecule has 1 atom stereocenters. The number of fused-ring (bicyclic) bond motifs is 1. The van der Waals surface area contributed by atoms with Crippen molar-refractivity contribution in [2.45, 2.75) is 18.9 Å². The van der Waals surface area contributed by atoms with E-state index in [-0.39, 0.29) is 0 Å². The molecule has 0 saturated carbocycles. The van der Waals surface area contributed by atoms with Crippen LogP contribution >= 0.6 is 15.9 Å². The molecule has 0 saturated heterocycles. The van der Waals surface area contributed by atoms with E-state index in [2.05, 4.69) is 40.2 Å². The lowest BCUT2D eigenvalue weighted by molar-refractivity contribution is 0.0409. The zero-order chi connectivity index (χ0) is 9.10. The maximum atomic E-state index is 5.71. The first-order valence-electron chi connectivity index (χ1n) is 4.67. The monoisotopic (exact) mass is 240 g/mol. The molecular weight excluding hydrogens is 228 g/mol. The van der Waals surface area contributed by atoms with E-state index in [1.807, 2.05) is 0 Å². The van der Waals surface area contributed by atoms with Gasteiger partial charge in [-0.2, -0.15) is 0 Å². The van der Waals surface area contributed by atoms with E-state index in [9.17, 15) is 0 Å². The van der Waals surface area contributed by atoms with Gasteiger partial charge in [0, 0.05) is 5.33 Å². The second-order valence-electron chi connectivity index (χ2n) is 3.29. The largest absolute Gasteiger partial charge is 0.373 e. The number of ether oxygens (including phenoxy) is 1. The van der Waals surface area contributed by atoms with E-state index in [0.717, 1.165) is 24.8 Å². The SMILES string of the molecule is BrCCC1OCCc2ccccc21. The van der Waals surface area contributed by atoms with Crippen LogP contribution in [0.4, 0.5) is 0 Å². The van der Waals surface area contributed by atoms with Crippen molar-refractivity contribution < 1.29 is 4.74 Å². The predicted molar refractivity (Wildman–Crippen MR) is 57.3 cm³/mol. The molecule has 0 spiro atoms. The van der Waals surface area contributed by atoms with Crippen LogP contribution in [0.2, 0.25) is 0 Å². The Morgan fingerprint density at radius 2 is 2.23 bits per heavy atom. The summed E-state index contributed by atoms with van der Waals surface area (Å²) < 4.78 is 5.71. The Hall–Kier alpha value is -0.340. The second-order valence-corrected chi connectivity index (χ2v) is 4.08. The molecule has 1 aliphatic rings. The highest BCUT2D eigenvalue weighted by atomic mass is 79.9. The van der Waals surface area contributed by atoms with Crippen molar-refractivity contribution in [3.8, 4) is 0 Å². The van der Waals surface area contributed by atoms with Gasteiger partial charge in [-0.25, -0.2) is 0 Å². The van der Waals surface area contributed by atoms with E-state index in [1.54, 1.807) is 0 Å². The van der Waals surface area contributed by atoms with E-state index in [0.29, 0.717) is 6.10 Å². The van der Waals surface area contributed by atoms with Crippen molar-refractivity contribution in [3.63, 3.8) is 0 Å². The van der Waals surface area contributed by atoms with Crippen molar-refractivity contribution in [1.29, 1.82) is 0 Å². The van der Waals surface area contributed by atoms with Crippen LogP contribution in [-0.4, -0.2) is 11.9 Å². The third kappa shape index (κ3) is 1.94. The van der Waals surface area contributed by atoms with Gasteiger partial charge >= 0.3 is 0 Å². The Labute approximate surface area is 87.2 Å². The van der Waals surface area contributed by atoms with Crippen molar-refractivity contribution in [2.24, 2.45) is 0 Å². The van der Waals surface area contributed by atoms with Crippen LogP contribution in [-0.2, 0) is 11.2 Å². The topological polar surface area (TPSA) is 9.23 Å². The summed E-state index contributed by atoms with van der Waals surface area (Å²) in [6.07, 6.45) is 2.44. The summed E-state index contributed by atoms with van der Waals surface area (Å²) in [5, 5.41) is 1.01. The highest BCUT2D eigenvalue weighted by molar-refractivity contribution is 9.09. The normalized spacial score (nSPS) is 21.2. The van der Waals surface area contributed by atoms with Crippen LogP contribution in [0.5, 0.6) is 0 Å². The van der Waals surface area contributed by atoms with Crippen LogP contribution in [0.3, 0.4) is 0 Å². The zero-order valence-corrected chi connectivity index (χ0v) is 9.09. The molecule has 0 fully saturated rings. The van der Waals surface area contributed by atoms with Gasteiger partial charge < -0.3 is 4.74 Å². The minimum Gasteiger partial charge on any atom is -0.373 e. The molecular formula is C11H13BrO. The molecule has 0 amide bonds. The number of alkyl halides is 1. The van der Waals surface area contributed by atoms with Crippen LogP contribution in [0.15, 0.2) is 24.3 Å². The molecule has 1 aromatic rings. The molecule has 1 heterocycles. The number of benzene rings is 1. The smallest absolute Gasteiger partial charge is 0.0835 e. The maximum Gasteiger partial charge on any atom is 0.0835 e. The quantitative estimate of drug-likeness (QED) is 0.723. The molecule has 0 aliphatic carbocycles. The van der Waals surface area contributed by atoms with Gasteiger partial charge in [-0.1, -0.05) is 40.2 Å². The fourth-order valence-corrected chi connectivity index (χ4v) is 2.23. The number of hydrogen-bond acceptors (Lipinski definition) is 1. The Morgan fingerprint density at radius 3 is 3.08 bits per heavy atom. The number of halogens is 1. The Kier molecular flexibility index (Phi) is 3.01. The highest BCUT2D eigenvalue weighted by Crippen LogP contribution is 2.29. The first-order chi connectivity index (χ1) is 6.42. The van der Waals surface area contributed by atoms with Crippen LogP contribution in [0, 0.1) is 0 Å². The van der Waals surface area contributed by atoms with Gasteiger partial charge in [0.2, 0.25) is 0 Å². The van der Waals surface area contributed by atoms with Crippen LogP contribution in [0.25, 0.3) is 0 Å². The van der Waals surface area contributed by atoms with Gasteiger partial charge in [0.25, 0.3) is 0 Å². The van der Waals surface area contributed by atoms with Gasteiger partial charge in [0.1, 0.15) is 0 Å². The van der Waals surface area contributed by atoms with Gasteiger partial charge in [-0.15, -0.1) is 0 Å². The van der Waals surface area contributed by atoms with E-state index in [1.165, 1.54) is 11.1 Å². The van der Waals surface area contributed by atoms with E-state index in [4.69, 9.17) is 4.74 Å². The third-order valence-electron chi connectivity index (χ3n) is 2.46. The molecule has 0 aromatic heterocycles. The first kappa shape index (κ1) is 9.22. The summed E-state index contributed by atoms with van der Waals surface area (Å²) in [7, 11) is 0. The summed E-state index contributed by atoms with van der Waals surface area (Å²) in [5.74, 6) is 0. The van der Waals surface area contributed by atoms with Gasteiger partial charge in [-0.05, 0) is 24.0 Å². The Bertz CT molecular complexity index is 285. The summed E-state index contributed by atoms with van der Waals surface area (Å²) in [6.45, 7) is 0.870. The lowest BCUT2D eigenvalue weighted by atomic mass is 9.96. The summed E-state index contributed by atoms with van der Waals surface area (Å²) in [6, 6.07) is 8.59. The average Bonchev–Trinajstić information content (AvgIpc) is 2.19. The molecule has 1 aliphatic heterocycles. The lowest BCUT2D eigenvalue weighted by Gasteiger charge is -2.25. The van der Waals surface area contributed by atoms with Crippen LogP contribution < -0.4 is 0 Å². The number of rotatable bonds is 2. The summed E-state index contributed by atoms with van der Waals surface area (Å²) >= 11 is 3.46. The molecule has 2 rings (SSSR count). The molecule has 1 aromatic carbocycles. The molecule has 0 bridgehead atoms. The molecule has 1 nitrogen and oxygen atoms in total. The van der Waals surface area contributed by atoms with Crippen molar-refractivity contribution in [3.05, 3.63) is 35.4 Å². The zero-order valence-electron chi connectivity index (χ0n) is 7.50.